The number of nitriles is 2. The Morgan fingerprint density at radius 2 is 1.51 bits per heavy atom. The first-order valence-corrected chi connectivity index (χ1v) is 13.3. The van der Waals surface area contributed by atoms with Crippen molar-refractivity contribution in [3.05, 3.63) is 76.1 Å². The van der Waals surface area contributed by atoms with Gasteiger partial charge in [-0.3, -0.25) is 0 Å². The molecule has 0 radical (unpaired) electrons. The summed E-state index contributed by atoms with van der Waals surface area (Å²) in [7, 11) is 0. The van der Waals surface area contributed by atoms with Crippen molar-refractivity contribution < 1.29 is 0 Å². The van der Waals surface area contributed by atoms with Gasteiger partial charge in [0, 0.05) is 49.7 Å². The largest absolute Gasteiger partial charge is 0.372 e. The topological polar surface area (TPSA) is 78.8 Å². The predicted octanol–water partition coefficient (Wildman–Crippen LogP) is 5.84. The highest BCUT2D eigenvalue weighted by Crippen LogP contribution is 2.36. The number of rotatable bonds is 6. The summed E-state index contributed by atoms with van der Waals surface area (Å²) in [6.45, 7) is 8.48. The van der Waals surface area contributed by atoms with Crippen LogP contribution < -0.4 is 9.80 Å². The monoisotopic (exact) mass is 488 g/mol. The van der Waals surface area contributed by atoms with E-state index < -0.39 is 0 Å². The zero-order chi connectivity index (χ0) is 25.8. The van der Waals surface area contributed by atoms with Crippen LogP contribution in [0.25, 0.3) is 6.08 Å². The fourth-order valence-corrected chi connectivity index (χ4v) is 5.63. The molecule has 2 aromatic rings. The van der Waals surface area contributed by atoms with Crippen LogP contribution in [0.15, 0.2) is 63.9 Å². The van der Waals surface area contributed by atoms with Gasteiger partial charge in [-0.1, -0.05) is 18.2 Å². The molecule has 0 N–H and O–H groups in total. The molecule has 37 heavy (non-hydrogen) atoms. The molecule has 0 bridgehead atoms. The summed E-state index contributed by atoms with van der Waals surface area (Å²) in [5.74, 6) is 0. The second-order valence-electron chi connectivity index (χ2n) is 9.69. The van der Waals surface area contributed by atoms with Crippen LogP contribution in [0.5, 0.6) is 0 Å². The molecule has 0 spiro atoms. The number of benzene rings is 2. The Labute approximate surface area is 219 Å². The molecule has 0 aromatic heterocycles. The number of allylic oxidation sites excluding steroid dienone is 3. The van der Waals surface area contributed by atoms with Gasteiger partial charge >= 0.3 is 0 Å². The molecular formula is C31H32N6. The Morgan fingerprint density at radius 3 is 2.11 bits per heavy atom. The van der Waals surface area contributed by atoms with Crippen LogP contribution >= 0.6 is 0 Å². The van der Waals surface area contributed by atoms with E-state index in [9.17, 15) is 10.5 Å². The third-order valence-electron chi connectivity index (χ3n) is 7.44. The fraction of sp³-hybridized carbons (Fsp3) is 0.355. The molecule has 3 aliphatic heterocycles. The van der Waals surface area contributed by atoms with Crippen molar-refractivity contribution >= 4 is 28.9 Å². The van der Waals surface area contributed by atoms with Crippen molar-refractivity contribution in [2.75, 3.05) is 36.0 Å². The summed E-state index contributed by atoms with van der Waals surface area (Å²) in [4.78, 5) is 14.0. The second kappa shape index (κ2) is 10.8. The number of aliphatic imine (C=N–C) groups is 2. The van der Waals surface area contributed by atoms with Gasteiger partial charge in [0.15, 0.2) is 11.4 Å². The first kappa shape index (κ1) is 24.5. The van der Waals surface area contributed by atoms with Crippen LogP contribution in [-0.2, 0) is 12.8 Å². The van der Waals surface area contributed by atoms with Crippen LogP contribution in [0.1, 0.15) is 55.4 Å². The maximum Gasteiger partial charge on any atom is 0.177 e. The van der Waals surface area contributed by atoms with Gasteiger partial charge in [0.1, 0.15) is 12.1 Å². The summed E-state index contributed by atoms with van der Waals surface area (Å²) in [5.41, 5.74) is 9.17. The van der Waals surface area contributed by atoms with E-state index in [1.54, 1.807) is 0 Å². The van der Waals surface area contributed by atoms with Crippen molar-refractivity contribution in [2.45, 2.75) is 46.0 Å². The third-order valence-corrected chi connectivity index (χ3v) is 7.44. The summed E-state index contributed by atoms with van der Waals surface area (Å²) in [5, 5.41) is 19.4. The summed E-state index contributed by atoms with van der Waals surface area (Å²) in [6.07, 6.45) is 9.16. The molecule has 3 aliphatic rings. The van der Waals surface area contributed by atoms with Gasteiger partial charge < -0.3 is 9.80 Å². The molecule has 5 rings (SSSR count). The first-order valence-electron chi connectivity index (χ1n) is 13.3. The number of aryl methyl sites for hydroxylation is 2. The standard InChI is InChI=1S/C31H32N6/c1-3-36(4-2)27-13-10-23(11-14-27)28-19-26(34-29(20-32)30(21-33)35-28)12-9-22-17-24-7-5-15-37-16-6-8-25(18-22)31(24)37/h9-14,17-18H,3-8,15-16,19H2,1-2H3/b12-9+. The lowest BCUT2D eigenvalue weighted by Crippen LogP contribution is -2.34. The SMILES string of the molecule is CCN(CC)c1ccc(C2=NC(C#N)=C(C#N)N=C(/C=C/c3cc4c5c(c3)CCCN5CCC4)C2)cc1. The Bertz CT molecular complexity index is 1360. The van der Waals surface area contributed by atoms with Crippen molar-refractivity contribution in [3.8, 4) is 12.1 Å². The van der Waals surface area contributed by atoms with Crippen LogP contribution in [-0.4, -0.2) is 37.6 Å². The molecule has 0 fully saturated rings. The van der Waals surface area contributed by atoms with E-state index in [0.29, 0.717) is 6.42 Å². The van der Waals surface area contributed by atoms with Crippen molar-refractivity contribution in [2.24, 2.45) is 9.98 Å². The highest BCUT2D eigenvalue weighted by Gasteiger charge is 2.24. The molecule has 0 saturated heterocycles. The average Bonchev–Trinajstić information content (AvgIpc) is 3.12. The quantitative estimate of drug-likeness (QED) is 0.512. The summed E-state index contributed by atoms with van der Waals surface area (Å²) >= 11 is 0. The number of hydrogen-bond acceptors (Lipinski definition) is 6. The molecule has 186 valence electrons. The van der Waals surface area contributed by atoms with Crippen LogP contribution in [0.4, 0.5) is 11.4 Å². The van der Waals surface area contributed by atoms with E-state index in [-0.39, 0.29) is 11.4 Å². The molecule has 2 aromatic carbocycles. The van der Waals surface area contributed by atoms with Gasteiger partial charge in [0.2, 0.25) is 0 Å². The van der Waals surface area contributed by atoms with Gasteiger partial charge in [-0.05, 0) is 92.1 Å². The first-order chi connectivity index (χ1) is 18.1. The number of hydrogen-bond donors (Lipinski definition) is 0. The summed E-state index contributed by atoms with van der Waals surface area (Å²) in [6, 6.07) is 17.0. The lowest BCUT2D eigenvalue weighted by Gasteiger charge is -2.37. The number of anilines is 2. The van der Waals surface area contributed by atoms with Gasteiger partial charge in [0.05, 0.1) is 5.71 Å². The molecule has 6 nitrogen and oxygen atoms in total. The predicted molar refractivity (Wildman–Crippen MR) is 151 cm³/mol. The fourth-order valence-electron chi connectivity index (χ4n) is 5.63. The molecule has 3 heterocycles. The third kappa shape index (κ3) is 5.06. The second-order valence-corrected chi connectivity index (χ2v) is 9.69. The van der Waals surface area contributed by atoms with Crippen molar-refractivity contribution in [3.63, 3.8) is 0 Å². The zero-order valence-corrected chi connectivity index (χ0v) is 21.7. The van der Waals surface area contributed by atoms with Crippen LogP contribution in [0.2, 0.25) is 0 Å². The van der Waals surface area contributed by atoms with E-state index in [4.69, 9.17) is 0 Å². The van der Waals surface area contributed by atoms with E-state index in [2.05, 4.69) is 76.1 Å². The Balaban J connectivity index is 1.46. The Kier molecular flexibility index (Phi) is 7.19. The summed E-state index contributed by atoms with van der Waals surface area (Å²) < 4.78 is 0. The Morgan fingerprint density at radius 1 is 0.892 bits per heavy atom. The van der Waals surface area contributed by atoms with Crippen molar-refractivity contribution in [1.29, 1.82) is 10.5 Å². The maximum atomic E-state index is 9.69. The van der Waals surface area contributed by atoms with Gasteiger partial charge in [-0.2, -0.15) is 10.5 Å². The minimum atomic E-state index is 0.0621. The van der Waals surface area contributed by atoms with E-state index in [1.807, 2.05) is 18.2 Å². The van der Waals surface area contributed by atoms with Gasteiger partial charge in [0.25, 0.3) is 0 Å². The zero-order valence-electron chi connectivity index (χ0n) is 21.7. The van der Waals surface area contributed by atoms with Crippen LogP contribution in [0.3, 0.4) is 0 Å². The lowest BCUT2D eigenvalue weighted by atomic mass is 9.90. The lowest BCUT2D eigenvalue weighted by molar-refractivity contribution is 0.634. The highest BCUT2D eigenvalue weighted by molar-refractivity contribution is 6.18. The normalized spacial score (nSPS) is 16.9. The van der Waals surface area contributed by atoms with Crippen LogP contribution in [0, 0.1) is 22.7 Å². The van der Waals surface area contributed by atoms with Crippen molar-refractivity contribution in [1.82, 2.24) is 0 Å². The average molecular weight is 489 g/mol. The number of nitrogens with zero attached hydrogens (tertiary/aromatic N) is 6. The van der Waals surface area contributed by atoms with E-state index >= 15 is 0 Å². The minimum absolute atomic E-state index is 0.0621. The Hall–Kier alpha value is -4.16. The molecule has 0 atom stereocenters. The van der Waals surface area contributed by atoms with Gasteiger partial charge in [-0.25, -0.2) is 9.98 Å². The van der Waals surface area contributed by atoms with E-state index in [0.717, 1.165) is 67.3 Å². The van der Waals surface area contributed by atoms with E-state index in [1.165, 1.54) is 29.7 Å². The molecule has 0 saturated carbocycles. The van der Waals surface area contributed by atoms with Gasteiger partial charge in [-0.15, -0.1) is 0 Å². The highest BCUT2D eigenvalue weighted by atomic mass is 15.1. The smallest absolute Gasteiger partial charge is 0.177 e. The minimum Gasteiger partial charge on any atom is -0.372 e. The molecule has 0 unspecified atom stereocenters. The molecule has 6 heteroatoms. The molecule has 0 amide bonds. The molecular weight excluding hydrogens is 456 g/mol. The molecule has 0 aliphatic carbocycles. The maximum absolute atomic E-state index is 9.69.